The monoisotopic (exact) mass is 382 g/mol. The lowest BCUT2D eigenvalue weighted by Crippen LogP contribution is -2.44. The van der Waals surface area contributed by atoms with Crippen molar-refractivity contribution in [1.29, 1.82) is 0 Å². The van der Waals surface area contributed by atoms with E-state index < -0.39 is 0 Å². The van der Waals surface area contributed by atoms with E-state index in [0.29, 0.717) is 12.2 Å². The number of carbonyl (C=O) groups is 2. The molecule has 2 aliphatic rings. The minimum absolute atomic E-state index is 0.0433. The van der Waals surface area contributed by atoms with Crippen LogP contribution in [0, 0.1) is 17.3 Å². The van der Waals surface area contributed by atoms with Gasteiger partial charge in [-0.2, -0.15) is 0 Å². The number of ether oxygens (including phenoxy) is 1. The number of unbranched alkanes of at least 4 members (excludes halogenated alkanes) is 1. The molecule has 2 saturated heterocycles. The van der Waals surface area contributed by atoms with E-state index in [0.717, 1.165) is 64.0 Å². The first-order chi connectivity index (χ1) is 13.6. The van der Waals surface area contributed by atoms with Gasteiger partial charge in [0.2, 0.25) is 0 Å². The average Bonchev–Trinajstić information content (AvgIpc) is 3.13. The van der Waals surface area contributed by atoms with Gasteiger partial charge in [0.05, 0.1) is 6.61 Å². The van der Waals surface area contributed by atoms with Crippen molar-refractivity contribution in [2.24, 2.45) is 5.41 Å². The van der Waals surface area contributed by atoms with Crippen LogP contribution in [0.1, 0.15) is 56.3 Å². The molecule has 2 heterocycles. The molecule has 1 spiro atoms. The Hall–Kier alpha value is -2.48. The van der Waals surface area contributed by atoms with Crippen molar-refractivity contribution in [3.63, 3.8) is 0 Å². The van der Waals surface area contributed by atoms with Crippen LogP contribution in [0.3, 0.4) is 0 Å². The highest BCUT2D eigenvalue weighted by Crippen LogP contribution is 2.40. The number of nitrogens with zero attached hydrogens (tertiary/aromatic N) is 2. The molecule has 5 heteroatoms. The maximum Gasteiger partial charge on any atom is 0.298 e. The molecule has 0 saturated carbocycles. The molecule has 2 aliphatic heterocycles. The largest absolute Gasteiger partial charge is 0.494 e. The first kappa shape index (κ1) is 20.3. The van der Waals surface area contributed by atoms with Crippen molar-refractivity contribution in [2.45, 2.75) is 46.0 Å². The fourth-order valence-electron chi connectivity index (χ4n) is 4.09. The summed E-state index contributed by atoms with van der Waals surface area (Å²) in [7, 11) is 0. The number of likely N-dealkylation sites (tertiary alicyclic amines) is 2. The zero-order valence-electron chi connectivity index (χ0n) is 17.0. The average molecular weight is 383 g/mol. The molecule has 5 nitrogen and oxygen atoms in total. The molecule has 3 rings (SSSR count). The van der Waals surface area contributed by atoms with Crippen molar-refractivity contribution in [1.82, 2.24) is 9.80 Å². The Bertz CT molecular complexity index is 752. The van der Waals surface area contributed by atoms with E-state index in [1.807, 2.05) is 41.0 Å². The van der Waals surface area contributed by atoms with Crippen LogP contribution in [-0.2, 0) is 4.79 Å². The molecular weight excluding hydrogens is 352 g/mol. The van der Waals surface area contributed by atoms with Gasteiger partial charge >= 0.3 is 0 Å². The summed E-state index contributed by atoms with van der Waals surface area (Å²) >= 11 is 0. The fourth-order valence-corrected chi connectivity index (χ4v) is 4.09. The van der Waals surface area contributed by atoms with E-state index >= 15 is 0 Å². The second kappa shape index (κ2) is 9.14. The summed E-state index contributed by atoms with van der Waals surface area (Å²) < 4.78 is 5.44. The molecule has 0 aliphatic carbocycles. The van der Waals surface area contributed by atoms with Crippen LogP contribution < -0.4 is 4.74 Å². The van der Waals surface area contributed by atoms with E-state index in [-0.39, 0.29) is 17.2 Å². The number of amides is 2. The first-order valence-corrected chi connectivity index (χ1v) is 10.4. The van der Waals surface area contributed by atoms with E-state index in [1.165, 1.54) is 0 Å². The Morgan fingerprint density at radius 3 is 2.29 bits per heavy atom. The van der Waals surface area contributed by atoms with Crippen LogP contribution in [0.4, 0.5) is 0 Å². The highest BCUT2D eigenvalue weighted by atomic mass is 16.5. The number of carbonyl (C=O) groups excluding carboxylic acids is 2. The van der Waals surface area contributed by atoms with E-state index in [4.69, 9.17) is 4.74 Å². The molecule has 150 valence electrons. The number of rotatable bonds is 4. The zero-order chi connectivity index (χ0) is 20.0. The Labute approximate surface area is 168 Å². The van der Waals surface area contributed by atoms with Crippen molar-refractivity contribution < 1.29 is 14.3 Å². The molecule has 1 aromatic rings. The lowest BCUT2D eigenvalue weighted by atomic mass is 9.77. The quantitative estimate of drug-likeness (QED) is 0.751. The zero-order valence-corrected chi connectivity index (χ0v) is 17.0. The number of hydrogen-bond donors (Lipinski definition) is 0. The predicted molar refractivity (Wildman–Crippen MR) is 109 cm³/mol. The molecule has 0 radical (unpaired) electrons. The molecule has 0 bridgehead atoms. The molecule has 28 heavy (non-hydrogen) atoms. The summed E-state index contributed by atoms with van der Waals surface area (Å²) in [5.74, 6) is 6.54. The van der Waals surface area contributed by atoms with Gasteiger partial charge in [0.25, 0.3) is 11.8 Å². The molecule has 0 N–H and O–H groups in total. The Balaban J connectivity index is 1.53. The van der Waals surface area contributed by atoms with Gasteiger partial charge in [0.15, 0.2) is 0 Å². The van der Waals surface area contributed by atoms with E-state index in [9.17, 15) is 9.59 Å². The lowest BCUT2D eigenvalue weighted by Gasteiger charge is -2.39. The molecular formula is C23H30N2O3. The maximum absolute atomic E-state index is 12.8. The topological polar surface area (TPSA) is 49.9 Å². The summed E-state index contributed by atoms with van der Waals surface area (Å²) in [5, 5.41) is 0. The number of hydrogen-bond acceptors (Lipinski definition) is 3. The van der Waals surface area contributed by atoms with Gasteiger partial charge in [-0.15, -0.1) is 0 Å². The summed E-state index contributed by atoms with van der Waals surface area (Å²) in [6, 6.07) is 7.37. The second-order valence-electron chi connectivity index (χ2n) is 7.78. The van der Waals surface area contributed by atoms with Gasteiger partial charge in [-0.1, -0.05) is 12.8 Å². The van der Waals surface area contributed by atoms with Crippen LogP contribution in [-0.4, -0.2) is 54.4 Å². The molecule has 1 aromatic carbocycles. The van der Waals surface area contributed by atoms with Gasteiger partial charge in [-0.25, -0.2) is 0 Å². The third kappa shape index (κ3) is 4.67. The molecule has 2 fully saturated rings. The van der Waals surface area contributed by atoms with E-state index in [1.54, 1.807) is 0 Å². The van der Waals surface area contributed by atoms with Crippen LogP contribution in [0.25, 0.3) is 0 Å². The summed E-state index contributed by atoms with van der Waals surface area (Å²) in [6.07, 6.45) is 4.65. The van der Waals surface area contributed by atoms with Crippen LogP contribution in [0.2, 0.25) is 0 Å². The van der Waals surface area contributed by atoms with Gasteiger partial charge in [-0.3, -0.25) is 9.59 Å². The van der Waals surface area contributed by atoms with Gasteiger partial charge in [0, 0.05) is 38.2 Å². The second-order valence-corrected chi connectivity index (χ2v) is 7.78. The molecule has 0 aromatic heterocycles. The Morgan fingerprint density at radius 2 is 1.68 bits per heavy atom. The number of benzene rings is 1. The highest BCUT2D eigenvalue weighted by Gasteiger charge is 2.42. The Morgan fingerprint density at radius 1 is 1.04 bits per heavy atom. The lowest BCUT2D eigenvalue weighted by molar-refractivity contribution is -0.124. The van der Waals surface area contributed by atoms with Crippen LogP contribution in [0.15, 0.2) is 24.3 Å². The standard InChI is InChI=1S/C23H30N2O3/c1-3-5-6-7-21(26)25-17-14-23(18-25)12-15-24(16-13-23)22(27)19-8-10-20(11-9-19)28-4-2/h8-11H,3-5,12-18H2,1-2H3. The van der Waals surface area contributed by atoms with Crippen molar-refractivity contribution in [2.75, 3.05) is 32.8 Å². The third-order valence-corrected chi connectivity index (χ3v) is 5.82. The van der Waals surface area contributed by atoms with Crippen LogP contribution in [0.5, 0.6) is 5.75 Å². The molecule has 2 amide bonds. The minimum Gasteiger partial charge on any atom is -0.494 e. The maximum atomic E-state index is 12.8. The van der Waals surface area contributed by atoms with Gasteiger partial charge in [0.1, 0.15) is 5.75 Å². The molecule has 0 atom stereocenters. The SMILES string of the molecule is CCCC#CC(=O)N1CCC2(CCN(C(=O)c3ccc(OCC)cc3)CC2)C1. The highest BCUT2D eigenvalue weighted by molar-refractivity contribution is 5.94. The van der Waals surface area contributed by atoms with Crippen molar-refractivity contribution in [3.05, 3.63) is 29.8 Å². The summed E-state index contributed by atoms with van der Waals surface area (Å²) in [4.78, 5) is 28.9. The smallest absolute Gasteiger partial charge is 0.298 e. The van der Waals surface area contributed by atoms with Crippen molar-refractivity contribution >= 4 is 11.8 Å². The summed E-state index contributed by atoms with van der Waals surface area (Å²) in [5.41, 5.74) is 0.853. The third-order valence-electron chi connectivity index (χ3n) is 5.82. The summed E-state index contributed by atoms with van der Waals surface area (Å²) in [6.45, 7) is 7.67. The fraction of sp³-hybridized carbons (Fsp3) is 0.565. The molecule has 0 unspecified atom stereocenters. The van der Waals surface area contributed by atoms with E-state index in [2.05, 4.69) is 18.8 Å². The minimum atomic E-state index is -0.0433. The van der Waals surface area contributed by atoms with Gasteiger partial charge < -0.3 is 14.5 Å². The number of piperidine rings is 1. The van der Waals surface area contributed by atoms with Gasteiger partial charge in [-0.05, 0) is 68.2 Å². The normalized spacial score (nSPS) is 17.9. The van der Waals surface area contributed by atoms with Crippen LogP contribution >= 0.6 is 0 Å². The Kier molecular flexibility index (Phi) is 6.61. The predicted octanol–water partition coefficient (Wildman–Crippen LogP) is 3.34. The first-order valence-electron chi connectivity index (χ1n) is 10.4. The van der Waals surface area contributed by atoms with Crippen molar-refractivity contribution in [3.8, 4) is 17.6 Å².